The van der Waals surface area contributed by atoms with Gasteiger partial charge in [-0.1, -0.05) is 19.1 Å². The number of ether oxygens (including phenoxy) is 1. The number of fused-ring (bicyclic) bond motifs is 1. The van der Waals surface area contributed by atoms with Crippen molar-refractivity contribution in [2.24, 2.45) is 12.8 Å². The van der Waals surface area contributed by atoms with Crippen molar-refractivity contribution in [3.05, 3.63) is 42.0 Å². The molecule has 1 saturated heterocycles. The number of aromatic nitrogens is 3. The molecule has 11 heteroatoms. The van der Waals surface area contributed by atoms with E-state index in [1.165, 1.54) is 4.90 Å². The van der Waals surface area contributed by atoms with Gasteiger partial charge in [0.05, 0.1) is 46.3 Å². The van der Waals surface area contributed by atoms with E-state index in [0.29, 0.717) is 29.8 Å². The number of nitrogens with two attached hydrogens (primary N) is 1. The van der Waals surface area contributed by atoms with Gasteiger partial charge in [0, 0.05) is 55.4 Å². The molecule has 6 rings (SSSR count). The number of piperidine rings is 1. The van der Waals surface area contributed by atoms with Crippen LogP contribution in [0.25, 0.3) is 33.5 Å². The Hall–Kier alpha value is -3.41. The molecule has 3 N–H and O–H groups in total. The Morgan fingerprint density at radius 2 is 2.07 bits per heavy atom. The number of benzene rings is 2. The quantitative estimate of drug-likeness (QED) is 0.329. The predicted octanol–water partition coefficient (Wildman–Crippen LogP) is 3.15. The number of anilines is 1. The maximum Gasteiger partial charge on any atom is 0.254 e. The SMILES string of the molecule is CC[C@]1([Si])CN(CCCO)c2cccc3cc(-c4nc5cc(C(=O)N6C[C@H](N)C[C@@H](F)C6)cc(OC)c5n4C)n1c23. The van der Waals surface area contributed by atoms with Crippen LogP contribution in [-0.4, -0.2) is 92.4 Å². The summed E-state index contributed by atoms with van der Waals surface area (Å²) in [6.45, 7) is 4.13. The Labute approximate surface area is 242 Å². The number of amides is 1. The van der Waals surface area contributed by atoms with E-state index in [1.54, 1.807) is 19.2 Å². The number of carbonyl (C=O) groups is 1. The monoisotopic (exact) mass is 575 g/mol. The number of alkyl halides is 1. The van der Waals surface area contributed by atoms with Crippen LogP contribution in [0.15, 0.2) is 36.4 Å². The zero-order valence-corrected chi connectivity index (χ0v) is 24.7. The molecule has 2 aliphatic heterocycles. The highest BCUT2D eigenvalue weighted by Gasteiger charge is 2.38. The van der Waals surface area contributed by atoms with Crippen molar-refractivity contribution in [3.63, 3.8) is 0 Å². The molecular formula is C30H36FN6O3Si. The van der Waals surface area contributed by atoms with Crippen LogP contribution in [0.2, 0.25) is 0 Å². The van der Waals surface area contributed by atoms with Crippen molar-refractivity contribution >= 4 is 43.8 Å². The molecule has 1 amide bonds. The van der Waals surface area contributed by atoms with Gasteiger partial charge in [0.2, 0.25) is 0 Å². The standard InChI is InChI=1S/C30H36FN6O3Si/c1-4-30(41)17-35(9-6-10-38)23-8-5-7-18-12-24(37(30)26(18)23)28-33-22-11-19(13-25(40-3)27(22)34(28)2)29(39)36-15-20(31)14-21(32)16-36/h5,7-8,11-13,20-21,38H,4,6,9-10,14-17,32H2,1-3H3/t20-,21-,30+/m1/s1. The molecule has 3 atom stereocenters. The fourth-order valence-electron chi connectivity index (χ4n) is 6.55. The van der Waals surface area contributed by atoms with E-state index < -0.39 is 11.3 Å². The lowest BCUT2D eigenvalue weighted by Crippen LogP contribution is -2.50. The van der Waals surface area contributed by atoms with Crippen molar-refractivity contribution < 1.29 is 19.0 Å². The number of carbonyl (C=O) groups excluding carboxylic acids is 1. The number of likely N-dealkylation sites (tertiary alicyclic amines) is 1. The minimum absolute atomic E-state index is 0.0300. The van der Waals surface area contributed by atoms with Crippen molar-refractivity contribution in [2.45, 2.75) is 43.6 Å². The normalized spacial score (nSPS) is 22.6. The van der Waals surface area contributed by atoms with Gasteiger partial charge in [-0.05, 0) is 43.5 Å². The van der Waals surface area contributed by atoms with Crippen LogP contribution in [-0.2, 0) is 12.2 Å². The first kappa shape index (κ1) is 27.7. The zero-order valence-electron chi connectivity index (χ0n) is 23.7. The molecule has 9 nitrogen and oxygen atoms in total. The summed E-state index contributed by atoms with van der Waals surface area (Å²) >= 11 is 0. The van der Waals surface area contributed by atoms with Crippen molar-refractivity contribution in [3.8, 4) is 17.3 Å². The zero-order chi connectivity index (χ0) is 29.1. The minimum Gasteiger partial charge on any atom is -0.494 e. The first-order chi connectivity index (χ1) is 19.7. The molecule has 1 fully saturated rings. The molecule has 2 aliphatic rings. The van der Waals surface area contributed by atoms with Gasteiger partial charge in [0.1, 0.15) is 17.4 Å². The van der Waals surface area contributed by atoms with Crippen molar-refractivity contribution in [1.82, 2.24) is 19.0 Å². The molecule has 215 valence electrons. The number of imidazole rings is 1. The first-order valence-electron chi connectivity index (χ1n) is 14.2. The maximum absolute atomic E-state index is 14.2. The number of hydrogen-bond donors (Lipinski definition) is 2. The first-order valence-corrected chi connectivity index (χ1v) is 14.7. The molecule has 2 aromatic heterocycles. The van der Waals surface area contributed by atoms with E-state index in [2.05, 4.69) is 50.9 Å². The van der Waals surface area contributed by atoms with Crippen LogP contribution in [0, 0.1) is 0 Å². The van der Waals surface area contributed by atoms with E-state index in [0.717, 1.165) is 53.1 Å². The molecule has 4 heterocycles. The van der Waals surface area contributed by atoms with E-state index in [4.69, 9.17) is 15.5 Å². The summed E-state index contributed by atoms with van der Waals surface area (Å²) < 4.78 is 24.3. The largest absolute Gasteiger partial charge is 0.494 e. The third-order valence-corrected chi connectivity index (χ3v) is 9.28. The molecule has 2 aromatic carbocycles. The third-order valence-electron chi connectivity index (χ3n) is 8.54. The number of methoxy groups -OCH3 is 1. The van der Waals surface area contributed by atoms with Gasteiger partial charge in [-0.3, -0.25) is 4.79 Å². The van der Waals surface area contributed by atoms with E-state index in [9.17, 15) is 14.3 Å². The Morgan fingerprint density at radius 3 is 2.78 bits per heavy atom. The summed E-state index contributed by atoms with van der Waals surface area (Å²) in [5.74, 6) is 0.987. The van der Waals surface area contributed by atoms with Crippen LogP contribution >= 0.6 is 0 Å². The van der Waals surface area contributed by atoms with Crippen LogP contribution in [0.5, 0.6) is 5.75 Å². The lowest BCUT2D eigenvalue weighted by Gasteiger charge is -2.44. The molecule has 0 aliphatic carbocycles. The highest BCUT2D eigenvalue weighted by molar-refractivity contribution is 6.16. The van der Waals surface area contributed by atoms with Gasteiger partial charge in [-0.25, -0.2) is 9.37 Å². The predicted molar refractivity (Wildman–Crippen MR) is 160 cm³/mol. The Balaban J connectivity index is 1.51. The maximum atomic E-state index is 14.2. The third kappa shape index (κ3) is 4.50. The second-order valence-corrected chi connectivity index (χ2v) is 12.2. The summed E-state index contributed by atoms with van der Waals surface area (Å²) in [5.41, 5.74) is 11.0. The number of aliphatic hydroxyl groups excluding tert-OH is 1. The van der Waals surface area contributed by atoms with Gasteiger partial charge in [-0.2, -0.15) is 0 Å². The van der Waals surface area contributed by atoms with E-state index in [1.807, 2.05) is 11.6 Å². The number of hydrogen-bond acceptors (Lipinski definition) is 6. The van der Waals surface area contributed by atoms with Gasteiger partial charge in [0.25, 0.3) is 5.91 Å². The summed E-state index contributed by atoms with van der Waals surface area (Å²) in [6, 6.07) is 11.6. The summed E-state index contributed by atoms with van der Waals surface area (Å²) in [6.07, 6.45) is 0.640. The minimum atomic E-state index is -1.14. The van der Waals surface area contributed by atoms with Gasteiger partial charge in [-0.15, -0.1) is 0 Å². The molecule has 0 unspecified atom stereocenters. The Bertz CT molecular complexity index is 1630. The number of aliphatic hydroxyl groups is 1. The number of para-hydroxylation sites is 1. The van der Waals surface area contributed by atoms with Gasteiger partial charge in [0.15, 0.2) is 5.82 Å². The summed E-state index contributed by atoms with van der Waals surface area (Å²) in [5, 5.41) is 10.2. The highest BCUT2D eigenvalue weighted by atomic mass is 28.1. The van der Waals surface area contributed by atoms with Gasteiger partial charge < -0.3 is 34.5 Å². The number of halogens is 1. The van der Waals surface area contributed by atoms with Crippen LogP contribution < -0.4 is 15.4 Å². The second-order valence-electron chi connectivity index (χ2n) is 11.3. The molecule has 0 bridgehead atoms. The average molecular weight is 576 g/mol. The van der Waals surface area contributed by atoms with Crippen LogP contribution in [0.1, 0.15) is 36.5 Å². The highest BCUT2D eigenvalue weighted by Crippen LogP contribution is 2.44. The Kier molecular flexibility index (Phi) is 7.07. The molecule has 0 saturated carbocycles. The average Bonchev–Trinajstić information content (AvgIpc) is 3.51. The van der Waals surface area contributed by atoms with Crippen LogP contribution in [0.4, 0.5) is 10.1 Å². The lowest BCUT2D eigenvalue weighted by molar-refractivity contribution is 0.0606. The molecule has 3 radical (unpaired) electrons. The number of rotatable bonds is 7. The molecular weight excluding hydrogens is 539 g/mol. The smallest absolute Gasteiger partial charge is 0.254 e. The Morgan fingerprint density at radius 1 is 1.27 bits per heavy atom. The van der Waals surface area contributed by atoms with Crippen molar-refractivity contribution in [1.29, 1.82) is 0 Å². The molecule has 41 heavy (non-hydrogen) atoms. The van der Waals surface area contributed by atoms with Crippen molar-refractivity contribution in [2.75, 3.05) is 44.8 Å². The summed E-state index contributed by atoms with van der Waals surface area (Å²) in [7, 11) is 7.70. The van der Waals surface area contributed by atoms with Crippen LogP contribution in [0.3, 0.4) is 0 Å². The van der Waals surface area contributed by atoms with E-state index in [-0.39, 0.29) is 31.5 Å². The number of aryl methyl sites for hydroxylation is 1. The fraction of sp³-hybridized carbons (Fsp3) is 0.467. The van der Waals surface area contributed by atoms with E-state index >= 15 is 0 Å². The topological polar surface area (TPSA) is 102 Å². The molecule has 4 aromatic rings. The summed E-state index contributed by atoms with van der Waals surface area (Å²) in [4.78, 5) is 22.3. The molecule has 0 spiro atoms. The number of nitrogens with zero attached hydrogens (tertiary/aromatic N) is 5. The van der Waals surface area contributed by atoms with Gasteiger partial charge >= 0.3 is 0 Å². The fourth-order valence-corrected chi connectivity index (χ4v) is 6.97. The lowest BCUT2D eigenvalue weighted by atomic mass is 10.0. The second kappa shape index (κ2) is 10.5.